The third kappa shape index (κ3) is 5.36. The fourth-order valence-electron chi connectivity index (χ4n) is 3.57. The van der Waals surface area contributed by atoms with Gasteiger partial charge >= 0.3 is 0 Å². The molecule has 2 aliphatic heterocycles. The van der Waals surface area contributed by atoms with E-state index in [2.05, 4.69) is 20.6 Å². The van der Waals surface area contributed by atoms with Gasteiger partial charge in [-0.1, -0.05) is 11.6 Å². The Bertz CT molecular complexity index is 917. The van der Waals surface area contributed by atoms with Crippen LogP contribution in [0.3, 0.4) is 0 Å². The minimum atomic E-state index is -0.0444. The second-order valence-electron chi connectivity index (χ2n) is 7.39. The quantitative estimate of drug-likeness (QED) is 0.697. The third-order valence-electron chi connectivity index (χ3n) is 5.24. The summed E-state index contributed by atoms with van der Waals surface area (Å²) in [6, 6.07) is 5.42. The molecule has 10 heteroatoms. The van der Waals surface area contributed by atoms with Crippen LogP contribution in [0.25, 0.3) is 0 Å². The van der Waals surface area contributed by atoms with E-state index in [0.29, 0.717) is 66.7 Å². The second-order valence-corrected chi connectivity index (χ2v) is 7.80. The SMILES string of the molecule is COc1cc(C(=O)N2CCOCC2)ccc1Nc1ncc(Cl)c(NC2CCCOC2)n1. The van der Waals surface area contributed by atoms with Gasteiger partial charge in [0.1, 0.15) is 10.8 Å². The molecule has 1 unspecified atom stereocenters. The van der Waals surface area contributed by atoms with Crippen LogP contribution in [0.2, 0.25) is 5.02 Å². The summed E-state index contributed by atoms with van der Waals surface area (Å²) in [6.45, 7) is 3.69. The number of nitrogens with zero attached hydrogens (tertiary/aromatic N) is 3. The second kappa shape index (κ2) is 10.1. The lowest BCUT2D eigenvalue weighted by molar-refractivity contribution is 0.0302. The number of amides is 1. The molecule has 0 bridgehead atoms. The van der Waals surface area contributed by atoms with E-state index < -0.39 is 0 Å². The molecule has 2 aliphatic rings. The molecule has 2 N–H and O–H groups in total. The summed E-state index contributed by atoms with van der Waals surface area (Å²) in [5.74, 6) is 1.40. The maximum atomic E-state index is 12.7. The van der Waals surface area contributed by atoms with Crippen LogP contribution < -0.4 is 15.4 Å². The number of carbonyl (C=O) groups excluding carboxylic acids is 1. The highest BCUT2D eigenvalue weighted by Gasteiger charge is 2.20. The van der Waals surface area contributed by atoms with Crippen LogP contribution in [0.1, 0.15) is 23.2 Å². The molecule has 4 rings (SSSR count). The topological polar surface area (TPSA) is 97.8 Å². The molecule has 2 aromatic rings. The van der Waals surface area contributed by atoms with Crippen LogP contribution >= 0.6 is 11.6 Å². The highest BCUT2D eigenvalue weighted by atomic mass is 35.5. The fourth-order valence-corrected chi connectivity index (χ4v) is 3.72. The maximum absolute atomic E-state index is 12.7. The van der Waals surface area contributed by atoms with Crippen molar-refractivity contribution in [1.82, 2.24) is 14.9 Å². The molecular formula is C21H26ClN5O4. The Morgan fingerprint density at radius 1 is 1.26 bits per heavy atom. The van der Waals surface area contributed by atoms with E-state index in [1.54, 1.807) is 36.4 Å². The normalized spacial score (nSPS) is 19.0. The minimum Gasteiger partial charge on any atom is -0.495 e. The number of anilines is 3. The van der Waals surface area contributed by atoms with Gasteiger partial charge < -0.3 is 29.7 Å². The zero-order valence-corrected chi connectivity index (χ0v) is 18.2. The van der Waals surface area contributed by atoms with Crippen LogP contribution in [0.15, 0.2) is 24.4 Å². The number of nitrogens with one attached hydrogen (secondary N) is 2. The van der Waals surface area contributed by atoms with E-state index in [0.717, 1.165) is 19.4 Å². The number of methoxy groups -OCH3 is 1. The smallest absolute Gasteiger partial charge is 0.254 e. The molecule has 166 valence electrons. The number of hydrogen-bond acceptors (Lipinski definition) is 8. The first-order valence-corrected chi connectivity index (χ1v) is 10.7. The molecule has 3 heterocycles. The van der Waals surface area contributed by atoms with E-state index >= 15 is 0 Å². The third-order valence-corrected chi connectivity index (χ3v) is 5.52. The minimum absolute atomic E-state index is 0.0444. The summed E-state index contributed by atoms with van der Waals surface area (Å²) in [7, 11) is 1.56. The van der Waals surface area contributed by atoms with Crippen LogP contribution in [-0.4, -0.2) is 73.4 Å². The van der Waals surface area contributed by atoms with Crippen molar-refractivity contribution in [3.63, 3.8) is 0 Å². The highest BCUT2D eigenvalue weighted by Crippen LogP contribution is 2.30. The van der Waals surface area contributed by atoms with Crippen molar-refractivity contribution in [2.45, 2.75) is 18.9 Å². The lowest BCUT2D eigenvalue weighted by atomic mass is 10.1. The van der Waals surface area contributed by atoms with Crippen molar-refractivity contribution in [3.8, 4) is 5.75 Å². The van der Waals surface area contributed by atoms with E-state index in [1.807, 2.05) is 0 Å². The molecule has 0 spiro atoms. The molecule has 1 aromatic carbocycles. The van der Waals surface area contributed by atoms with Gasteiger partial charge in [-0.25, -0.2) is 4.98 Å². The number of aromatic nitrogens is 2. The maximum Gasteiger partial charge on any atom is 0.254 e. The molecule has 31 heavy (non-hydrogen) atoms. The lowest BCUT2D eigenvalue weighted by Crippen LogP contribution is -2.40. The van der Waals surface area contributed by atoms with Gasteiger partial charge in [-0.05, 0) is 31.0 Å². The molecule has 2 fully saturated rings. The standard InChI is InChI=1S/C21H26ClN5O4/c1-29-18-11-14(20(28)27-6-9-30-10-7-27)4-5-17(18)25-21-23-12-16(22)19(26-21)24-15-3-2-8-31-13-15/h4-5,11-12,15H,2-3,6-10,13H2,1H3,(H2,23,24,25,26). The molecule has 0 aliphatic carbocycles. The Morgan fingerprint density at radius 2 is 2.10 bits per heavy atom. The number of morpholine rings is 1. The van der Waals surface area contributed by atoms with Gasteiger partial charge in [-0.2, -0.15) is 4.98 Å². The van der Waals surface area contributed by atoms with Crippen LogP contribution in [0.4, 0.5) is 17.5 Å². The number of benzene rings is 1. The fraction of sp³-hybridized carbons (Fsp3) is 0.476. The Hall–Kier alpha value is -2.62. The summed E-state index contributed by atoms with van der Waals surface area (Å²) in [5.41, 5.74) is 1.20. The van der Waals surface area contributed by atoms with E-state index in [1.165, 1.54) is 0 Å². The van der Waals surface area contributed by atoms with Gasteiger partial charge in [-0.3, -0.25) is 4.79 Å². The van der Waals surface area contributed by atoms with Crippen molar-refractivity contribution in [2.75, 3.05) is 57.3 Å². The van der Waals surface area contributed by atoms with Crippen LogP contribution in [-0.2, 0) is 9.47 Å². The first-order chi connectivity index (χ1) is 15.1. The monoisotopic (exact) mass is 447 g/mol. The van der Waals surface area contributed by atoms with Crippen LogP contribution in [0, 0.1) is 0 Å². The van der Waals surface area contributed by atoms with E-state index in [-0.39, 0.29) is 11.9 Å². The Morgan fingerprint density at radius 3 is 2.84 bits per heavy atom. The summed E-state index contributed by atoms with van der Waals surface area (Å²) in [6.07, 6.45) is 3.54. The molecule has 2 saturated heterocycles. The predicted octanol–water partition coefficient (Wildman–Crippen LogP) is 2.95. The number of hydrogen-bond donors (Lipinski definition) is 2. The molecule has 1 atom stereocenters. The highest BCUT2D eigenvalue weighted by molar-refractivity contribution is 6.32. The van der Waals surface area contributed by atoms with Gasteiger partial charge in [0.05, 0.1) is 44.9 Å². The summed E-state index contributed by atoms with van der Waals surface area (Å²) >= 11 is 6.27. The number of carbonyl (C=O) groups is 1. The Labute approximate surface area is 186 Å². The zero-order valence-electron chi connectivity index (χ0n) is 17.4. The lowest BCUT2D eigenvalue weighted by Gasteiger charge is -2.27. The van der Waals surface area contributed by atoms with E-state index in [4.69, 9.17) is 25.8 Å². The van der Waals surface area contributed by atoms with Gasteiger partial charge in [-0.15, -0.1) is 0 Å². The first kappa shape index (κ1) is 21.6. The Kier molecular flexibility index (Phi) is 7.06. The molecule has 1 amide bonds. The average molecular weight is 448 g/mol. The van der Waals surface area contributed by atoms with Crippen LogP contribution in [0.5, 0.6) is 5.75 Å². The predicted molar refractivity (Wildman–Crippen MR) is 118 cm³/mol. The molecule has 0 radical (unpaired) electrons. The van der Waals surface area contributed by atoms with Crippen molar-refractivity contribution >= 4 is 35.0 Å². The summed E-state index contributed by atoms with van der Waals surface area (Å²) in [5, 5.41) is 6.92. The zero-order chi connectivity index (χ0) is 21.6. The summed E-state index contributed by atoms with van der Waals surface area (Å²) < 4.78 is 16.3. The molecular weight excluding hydrogens is 422 g/mol. The van der Waals surface area contributed by atoms with Gasteiger partial charge in [0.2, 0.25) is 5.95 Å². The van der Waals surface area contributed by atoms with Gasteiger partial charge in [0.25, 0.3) is 5.91 Å². The number of ether oxygens (including phenoxy) is 3. The van der Waals surface area contributed by atoms with Gasteiger partial charge in [0.15, 0.2) is 5.82 Å². The molecule has 9 nitrogen and oxygen atoms in total. The number of rotatable bonds is 6. The van der Waals surface area contributed by atoms with Gasteiger partial charge in [0, 0.05) is 25.3 Å². The average Bonchev–Trinajstić information content (AvgIpc) is 2.82. The van der Waals surface area contributed by atoms with E-state index in [9.17, 15) is 4.79 Å². The largest absolute Gasteiger partial charge is 0.495 e. The molecule has 1 aromatic heterocycles. The molecule has 0 saturated carbocycles. The van der Waals surface area contributed by atoms with Crippen molar-refractivity contribution in [2.24, 2.45) is 0 Å². The van der Waals surface area contributed by atoms with Crippen molar-refractivity contribution < 1.29 is 19.0 Å². The van der Waals surface area contributed by atoms with Crippen molar-refractivity contribution in [3.05, 3.63) is 35.0 Å². The number of halogens is 1. The van der Waals surface area contributed by atoms with Crippen molar-refractivity contribution in [1.29, 1.82) is 0 Å². The Balaban J connectivity index is 1.49. The first-order valence-electron chi connectivity index (χ1n) is 10.3. The summed E-state index contributed by atoms with van der Waals surface area (Å²) in [4.78, 5) is 23.3.